The number of fused-ring (bicyclic) bond motifs is 5. The molecule has 4 rings (SSSR count). The highest BCUT2D eigenvalue weighted by Crippen LogP contribution is 2.24. The smallest absolute Gasteiger partial charge is 0.262 e. The Kier molecular flexibility index (Phi) is 4.30. The topological polar surface area (TPSA) is 94.8 Å². The molecule has 3 aromatic rings. The predicted molar refractivity (Wildman–Crippen MR) is 94.9 cm³/mol. The van der Waals surface area contributed by atoms with Crippen LogP contribution in [0, 0.1) is 0 Å². The predicted octanol–water partition coefficient (Wildman–Crippen LogP) is 2.72. The Bertz CT molecular complexity index is 939. The lowest BCUT2D eigenvalue weighted by Gasteiger charge is -2.17. The summed E-state index contributed by atoms with van der Waals surface area (Å²) >= 11 is 0. The molecule has 0 fully saturated rings. The van der Waals surface area contributed by atoms with Crippen molar-refractivity contribution in [2.45, 2.75) is 25.8 Å². The van der Waals surface area contributed by atoms with Gasteiger partial charge in [-0.25, -0.2) is 9.97 Å². The molecule has 4 heterocycles. The number of hydrogen-bond donors (Lipinski definition) is 1. The first-order valence-corrected chi connectivity index (χ1v) is 8.48. The molecule has 1 aliphatic heterocycles. The van der Waals surface area contributed by atoms with Crippen molar-refractivity contribution in [1.29, 1.82) is 0 Å². The maximum Gasteiger partial charge on any atom is 0.262 e. The van der Waals surface area contributed by atoms with Crippen LogP contribution in [-0.2, 0) is 0 Å². The minimum Gasteiger partial charge on any atom is -0.477 e. The molecule has 0 aliphatic carbocycles. The lowest BCUT2D eigenvalue weighted by atomic mass is 10.1. The Morgan fingerprint density at radius 1 is 1.27 bits per heavy atom. The van der Waals surface area contributed by atoms with Gasteiger partial charge in [0, 0.05) is 12.2 Å². The number of nitrogens with one attached hydrogen (secondary N) is 1. The molecule has 1 atom stereocenters. The van der Waals surface area contributed by atoms with Gasteiger partial charge in [-0.3, -0.25) is 4.79 Å². The van der Waals surface area contributed by atoms with Crippen LogP contribution in [0.5, 0.6) is 5.88 Å². The van der Waals surface area contributed by atoms with E-state index in [0.29, 0.717) is 35.4 Å². The van der Waals surface area contributed by atoms with E-state index in [-0.39, 0.29) is 11.9 Å². The third-order valence-corrected chi connectivity index (χ3v) is 4.29. The third-order valence-electron chi connectivity index (χ3n) is 4.29. The van der Waals surface area contributed by atoms with E-state index < -0.39 is 0 Å². The van der Waals surface area contributed by atoms with Crippen LogP contribution in [0.1, 0.15) is 36.2 Å². The largest absolute Gasteiger partial charge is 0.477 e. The van der Waals surface area contributed by atoms with Crippen molar-refractivity contribution in [2.24, 2.45) is 0 Å². The molecule has 0 spiro atoms. The Morgan fingerprint density at radius 3 is 3.12 bits per heavy atom. The Morgan fingerprint density at radius 2 is 2.19 bits per heavy atom. The van der Waals surface area contributed by atoms with E-state index >= 15 is 0 Å². The maximum absolute atomic E-state index is 12.6. The quantitative estimate of drug-likeness (QED) is 0.670. The molecule has 3 aromatic heterocycles. The van der Waals surface area contributed by atoms with Crippen LogP contribution in [-0.4, -0.2) is 37.2 Å². The number of aromatic nitrogens is 5. The number of rotatable bonds is 0. The van der Waals surface area contributed by atoms with Crippen LogP contribution in [0.4, 0.5) is 5.82 Å². The van der Waals surface area contributed by atoms with Crippen LogP contribution in [0.15, 0.2) is 42.9 Å². The molecule has 1 amide bonds. The standard InChI is InChI=1S/C18H18N6O2/c1-12-5-4-10-26-18-13(6-3-9-19-18)17(25)22-15-8-2-7-14(21-15)16-23-20-11-24(12)16/h2-3,6-9,11-12H,4-5,10H2,1H3,(H,21,22,25)/t12-/m0/s1. The summed E-state index contributed by atoms with van der Waals surface area (Å²) in [5, 5.41) is 11.0. The maximum atomic E-state index is 12.6. The van der Waals surface area contributed by atoms with Crippen LogP contribution in [0.25, 0.3) is 11.5 Å². The van der Waals surface area contributed by atoms with Gasteiger partial charge < -0.3 is 14.6 Å². The Hall–Kier alpha value is -3.29. The fourth-order valence-electron chi connectivity index (χ4n) is 2.93. The van der Waals surface area contributed by atoms with Crippen LogP contribution in [0.3, 0.4) is 0 Å². The van der Waals surface area contributed by atoms with Crippen molar-refractivity contribution in [2.75, 3.05) is 11.9 Å². The van der Waals surface area contributed by atoms with Crippen molar-refractivity contribution in [3.05, 3.63) is 48.4 Å². The summed E-state index contributed by atoms with van der Waals surface area (Å²) in [6.45, 7) is 2.58. The van der Waals surface area contributed by atoms with Gasteiger partial charge in [-0.2, -0.15) is 0 Å². The van der Waals surface area contributed by atoms with Gasteiger partial charge in [-0.05, 0) is 44.0 Å². The summed E-state index contributed by atoms with van der Waals surface area (Å²) < 4.78 is 7.73. The average Bonchev–Trinajstić information content (AvgIpc) is 3.15. The number of hydrogen-bond acceptors (Lipinski definition) is 6. The van der Waals surface area contributed by atoms with E-state index in [1.165, 1.54) is 0 Å². The lowest BCUT2D eigenvalue weighted by molar-refractivity contribution is 0.102. The molecular formula is C18H18N6O2. The zero-order valence-corrected chi connectivity index (χ0v) is 14.3. The highest BCUT2D eigenvalue weighted by Gasteiger charge is 2.18. The lowest BCUT2D eigenvalue weighted by Crippen LogP contribution is -2.17. The minimum absolute atomic E-state index is 0.190. The summed E-state index contributed by atoms with van der Waals surface area (Å²) in [6.07, 6.45) is 5.00. The number of carbonyl (C=O) groups is 1. The van der Waals surface area contributed by atoms with E-state index in [1.807, 2.05) is 16.7 Å². The molecule has 8 nitrogen and oxygen atoms in total. The Balaban J connectivity index is 1.76. The molecule has 0 unspecified atom stereocenters. The highest BCUT2D eigenvalue weighted by molar-refractivity contribution is 6.05. The number of anilines is 1. The van der Waals surface area contributed by atoms with E-state index in [1.54, 1.807) is 30.7 Å². The van der Waals surface area contributed by atoms with Gasteiger partial charge in [0.25, 0.3) is 5.91 Å². The second kappa shape index (κ2) is 6.91. The van der Waals surface area contributed by atoms with Crippen molar-refractivity contribution >= 4 is 11.7 Å². The van der Waals surface area contributed by atoms with Crippen LogP contribution < -0.4 is 10.1 Å². The SMILES string of the molecule is C[C@H]1CCCOc2ncccc2C(=O)Nc2cccc(n2)-c2nncn21. The summed E-state index contributed by atoms with van der Waals surface area (Å²) in [5.74, 6) is 1.12. The Labute approximate surface area is 150 Å². The summed E-state index contributed by atoms with van der Waals surface area (Å²) in [4.78, 5) is 21.3. The van der Waals surface area contributed by atoms with Crippen molar-refractivity contribution < 1.29 is 9.53 Å². The van der Waals surface area contributed by atoms with E-state index in [0.717, 1.165) is 12.8 Å². The molecule has 8 heteroatoms. The van der Waals surface area contributed by atoms with E-state index in [2.05, 4.69) is 32.4 Å². The second-order valence-electron chi connectivity index (χ2n) is 6.12. The van der Waals surface area contributed by atoms with Gasteiger partial charge in [-0.1, -0.05) is 6.07 Å². The van der Waals surface area contributed by atoms with Gasteiger partial charge in [0.15, 0.2) is 5.82 Å². The normalized spacial score (nSPS) is 17.3. The summed E-state index contributed by atoms with van der Waals surface area (Å²) in [6, 6.07) is 9.00. The minimum atomic E-state index is -0.315. The molecular weight excluding hydrogens is 332 g/mol. The summed E-state index contributed by atoms with van der Waals surface area (Å²) in [7, 11) is 0. The molecule has 0 radical (unpaired) electrons. The molecule has 0 saturated heterocycles. The average molecular weight is 350 g/mol. The van der Waals surface area contributed by atoms with Gasteiger partial charge >= 0.3 is 0 Å². The van der Waals surface area contributed by atoms with Gasteiger partial charge in [0.1, 0.15) is 23.4 Å². The van der Waals surface area contributed by atoms with Crippen LogP contribution in [0.2, 0.25) is 0 Å². The van der Waals surface area contributed by atoms with Crippen molar-refractivity contribution in [1.82, 2.24) is 24.7 Å². The number of amides is 1. The summed E-state index contributed by atoms with van der Waals surface area (Å²) in [5.41, 5.74) is 1.04. The number of pyridine rings is 2. The van der Waals surface area contributed by atoms with Crippen molar-refractivity contribution in [3.63, 3.8) is 0 Å². The first-order chi connectivity index (χ1) is 12.7. The number of nitrogens with zero attached hydrogens (tertiary/aromatic N) is 5. The van der Waals surface area contributed by atoms with Crippen molar-refractivity contribution in [3.8, 4) is 17.4 Å². The van der Waals surface area contributed by atoms with Crippen LogP contribution >= 0.6 is 0 Å². The van der Waals surface area contributed by atoms with Gasteiger partial charge in [0.05, 0.1) is 6.61 Å². The number of ether oxygens (including phenoxy) is 1. The highest BCUT2D eigenvalue weighted by atomic mass is 16.5. The second-order valence-corrected chi connectivity index (χ2v) is 6.12. The molecule has 0 aromatic carbocycles. The molecule has 1 N–H and O–H groups in total. The number of carbonyl (C=O) groups excluding carboxylic acids is 1. The monoisotopic (exact) mass is 350 g/mol. The van der Waals surface area contributed by atoms with Gasteiger partial charge in [-0.15, -0.1) is 10.2 Å². The fraction of sp³-hybridized carbons (Fsp3) is 0.278. The zero-order valence-electron chi connectivity index (χ0n) is 14.3. The van der Waals surface area contributed by atoms with Gasteiger partial charge in [0.2, 0.25) is 5.88 Å². The van der Waals surface area contributed by atoms with E-state index in [4.69, 9.17) is 4.74 Å². The first-order valence-electron chi connectivity index (χ1n) is 8.48. The molecule has 26 heavy (non-hydrogen) atoms. The zero-order chi connectivity index (χ0) is 17.9. The molecule has 132 valence electrons. The fourth-order valence-corrected chi connectivity index (χ4v) is 2.93. The first kappa shape index (κ1) is 16.2. The molecule has 0 saturated carbocycles. The van der Waals surface area contributed by atoms with E-state index in [9.17, 15) is 4.79 Å². The third kappa shape index (κ3) is 3.13. The molecule has 1 aliphatic rings. The molecule has 2 bridgehead atoms.